The largest absolute Gasteiger partial charge is 0.396 e. The standard InChI is InChI=1S/C17H32N2O/c1-14-4-3-8-17(10-14,13-20)12-19-9-7-15-5-6-16(11-19)18(15)2/h14-16,20H,3-13H2,1-2H3. The lowest BCUT2D eigenvalue weighted by Crippen LogP contribution is -2.46. The monoisotopic (exact) mass is 280 g/mol. The van der Waals surface area contributed by atoms with Gasteiger partial charge in [-0.25, -0.2) is 0 Å². The first-order valence-corrected chi connectivity index (χ1v) is 8.67. The molecule has 2 aliphatic heterocycles. The molecule has 0 aromatic heterocycles. The zero-order valence-corrected chi connectivity index (χ0v) is 13.4. The number of likely N-dealkylation sites (tertiary alicyclic amines) is 1. The van der Waals surface area contributed by atoms with Crippen LogP contribution in [-0.2, 0) is 0 Å². The van der Waals surface area contributed by atoms with E-state index in [-0.39, 0.29) is 5.41 Å². The maximum atomic E-state index is 10.0. The summed E-state index contributed by atoms with van der Waals surface area (Å²) >= 11 is 0. The van der Waals surface area contributed by atoms with Crippen LogP contribution >= 0.6 is 0 Å². The van der Waals surface area contributed by atoms with Gasteiger partial charge in [0.1, 0.15) is 0 Å². The van der Waals surface area contributed by atoms with E-state index in [1.165, 1.54) is 58.0 Å². The minimum absolute atomic E-state index is 0.194. The Hall–Kier alpha value is -0.120. The van der Waals surface area contributed by atoms with Gasteiger partial charge in [0.05, 0.1) is 0 Å². The van der Waals surface area contributed by atoms with E-state index < -0.39 is 0 Å². The average Bonchev–Trinajstić information content (AvgIpc) is 2.67. The van der Waals surface area contributed by atoms with E-state index in [2.05, 4.69) is 23.8 Å². The van der Waals surface area contributed by atoms with E-state index in [9.17, 15) is 5.11 Å². The zero-order chi connectivity index (χ0) is 14.2. The van der Waals surface area contributed by atoms with Crippen LogP contribution in [0.3, 0.4) is 0 Å². The van der Waals surface area contributed by atoms with Crippen LogP contribution in [0, 0.1) is 11.3 Å². The van der Waals surface area contributed by atoms with Crippen molar-refractivity contribution in [2.75, 3.05) is 33.3 Å². The maximum Gasteiger partial charge on any atom is 0.0499 e. The Morgan fingerprint density at radius 2 is 1.95 bits per heavy atom. The second-order valence-electron chi connectivity index (χ2n) is 7.93. The molecule has 2 saturated heterocycles. The number of aliphatic hydroxyl groups is 1. The summed E-state index contributed by atoms with van der Waals surface area (Å²) in [6.07, 6.45) is 9.22. The van der Waals surface area contributed by atoms with Crippen molar-refractivity contribution in [3.05, 3.63) is 0 Å². The van der Waals surface area contributed by atoms with Gasteiger partial charge in [0.25, 0.3) is 0 Å². The summed E-state index contributed by atoms with van der Waals surface area (Å²) in [6, 6.07) is 1.58. The topological polar surface area (TPSA) is 26.7 Å². The van der Waals surface area contributed by atoms with Crippen molar-refractivity contribution in [1.82, 2.24) is 9.80 Å². The summed E-state index contributed by atoms with van der Waals surface area (Å²) in [5.74, 6) is 0.794. The van der Waals surface area contributed by atoms with Crippen LogP contribution in [-0.4, -0.2) is 60.3 Å². The third kappa shape index (κ3) is 2.90. The summed E-state index contributed by atoms with van der Waals surface area (Å²) in [5, 5.41) is 10.0. The lowest BCUT2D eigenvalue weighted by atomic mass is 9.70. The van der Waals surface area contributed by atoms with Crippen LogP contribution in [0.25, 0.3) is 0 Å². The van der Waals surface area contributed by atoms with Crippen LogP contribution in [0.5, 0.6) is 0 Å². The molecule has 4 unspecified atom stereocenters. The average molecular weight is 280 g/mol. The molecule has 3 aliphatic rings. The minimum atomic E-state index is 0.194. The van der Waals surface area contributed by atoms with Gasteiger partial charge in [-0.05, 0) is 51.6 Å². The van der Waals surface area contributed by atoms with E-state index in [4.69, 9.17) is 0 Å². The van der Waals surface area contributed by atoms with Gasteiger partial charge < -0.3 is 10.0 Å². The van der Waals surface area contributed by atoms with Crippen molar-refractivity contribution in [3.8, 4) is 0 Å². The molecule has 3 heteroatoms. The van der Waals surface area contributed by atoms with E-state index >= 15 is 0 Å². The number of aliphatic hydroxyl groups excluding tert-OH is 1. The molecular weight excluding hydrogens is 248 g/mol. The Balaban J connectivity index is 1.64. The fourth-order valence-corrected chi connectivity index (χ4v) is 5.10. The first kappa shape index (κ1) is 14.8. The molecule has 3 rings (SSSR count). The van der Waals surface area contributed by atoms with Crippen LogP contribution in [0.4, 0.5) is 0 Å². The lowest BCUT2D eigenvalue weighted by molar-refractivity contribution is 0.0216. The second kappa shape index (κ2) is 5.94. The Morgan fingerprint density at radius 1 is 1.15 bits per heavy atom. The molecule has 3 fully saturated rings. The molecule has 1 saturated carbocycles. The molecule has 3 nitrogen and oxygen atoms in total. The molecule has 1 N–H and O–H groups in total. The van der Waals surface area contributed by atoms with Crippen molar-refractivity contribution in [3.63, 3.8) is 0 Å². The molecule has 4 atom stereocenters. The molecule has 20 heavy (non-hydrogen) atoms. The predicted molar refractivity (Wildman–Crippen MR) is 82.8 cm³/mol. The molecule has 1 aliphatic carbocycles. The van der Waals surface area contributed by atoms with E-state index in [0.29, 0.717) is 6.61 Å². The number of hydrogen-bond donors (Lipinski definition) is 1. The molecule has 0 aromatic rings. The molecule has 2 bridgehead atoms. The Kier molecular flexibility index (Phi) is 4.40. The molecule has 0 radical (unpaired) electrons. The summed E-state index contributed by atoms with van der Waals surface area (Å²) in [6.45, 7) is 6.34. The summed E-state index contributed by atoms with van der Waals surface area (Å²) in [7, 11) is 2.32. The van der Waals surface area contributed by atoms with Crippen molar-refractivity contribution >= 4 is 0 Å². The maximum absolute atomic E-state index is 10.0. The van der Waals surface area contributed by atoms with E-state index in [1.54, 1.807) is 0 Å². The van der Waals surface area contributed by atoms with Gasteiger partial charge in [-0.3, -0.25) is 4.90 Å². The van der Waals surface area contributed by atoms with Crippen LogP contribution in [0.2, 0.25) is 0 Å². The van der Waals surface area contributed by atoms with Crippen LogP contribution < -0.4 is 0 Å². The summed E-state index contributed by atoms with van der Waals surface area (Å²) in [4.78, 5) is 5.30. The highest BCUT2D eigenvalue weighted by molar-refractivity contribution is 4.94. The van der Waals surface area contributed by atoms with Gasteiger partial charge in [-0.1, -0.05) is 19.8 Å². The number of fused-ring (bicyclic) bond motifs is 2. The molecule has 0 aromatic carbocycles. The normalized spacial score (nSPS) is 43.6. The molecule has 2 heterocycles. The predicted octanol–water partition coefficient (Wildman–Crippen LogP) is 2.34. The molecular formula is C17H32N2O. The smallest absolute Gasteiger partial charge is 0.0499 e. The number of rotatable bonds is 3. The Labute approximate surface area is 124 Å². The minimum Gasteiger partial charge on any atom is -0.396 e. The number of likely N-dealkylation sites (N-methyl/N-ethyl adjacent to an activating group) is 1. The first-order valence-electron chi connectivity index (χ1n) is 8.67. The van der Waals surface area contributed by atoms with Gasteiger partial charge >= 0.3 is 0 Å². The number of hydrogen-bond acceptors (Lipinski definition) is 3. The highest BCUT2D eigenvalue weighted by Gasteiger charge is 2.39. The van der Waals surface area contributed by atoms with Gasteiger partial charge in [0, 0.05) is 37.2 Å². The third-order valence-corrected chi connectivity index (χ3v) is 6.31. The van der Waals surface area contributed by atoms with Gasteiger partial charge in [0.2, 0.25) is 0 Å². The molecule has 116 valence electrons. The van der Waals surface area contributed by atoms with E-state index in [1.807, 2.05) is 0 Å². The van der Waals surface area contributed by atoms with E-state index in [0.717, 1.165) is 24.5 Å². The fraction of sp³-hybridized carbons (Fsp3) is 1.00. The summed E-state index contributed by atoms with van der Waals surface area (Å²) < 4.78 is 0. The van der Waals surface area contributed by atoms with Crippen LogP contribution in [0.1, 0.15) is 51.9 Å². The van der Waals surface area contributed by atoms with Crippen molar-refractivity contribution in [2.24, 2.45) is 11.3 Å². The Morgan fingerprint density at radius 3 is 2.70 bits per heavy atom. The molecule has 0 spiro atoms. The second-order valence-corrected chi connectivity index (χ2v) is 7.93. The van der Waals surface area contributed by atoms with Gasteiger partial charge in [-0.2, -0.15) is 0 Å². The van der Waals surface area contributed by atoms with Crippen molar-refractivity contribution < 1.29 is 5.11 Å². The highest BCUT2D eigenvalue weighted by atomic mass is 16.3. The number of nitrogens with zero attached hydrogens (tertiary/aromatic N) is 2. The summed E-state index contributed by atoms with van der Waals surface area (Å²) in [5.41, 5.74) is 0.194. The zero-order valence-electron chi connectivity index (χ0n) is 13.4. The van der Waals surface area contributed by atoms with Crippen molar-refractivity contribution in [1.29, 1.82) is 0 Å². The van der Waals surface area contributed by atoms with Crippen LogP contribution in [0.15, 0.2) is 0 Å². The van der Waals surface area contributed by atoms with Gasteiger partial charge in [0.15, 0.2) is 0 Å². The van der Waals surface area contributed by atoms with Crippen molar-refractivity contribution in [2.45, 2.75) is 64.0 Å². The quantitative estimate of drug-likeness (QED) is 0.859. The SMILES string of the molecule is CC1CCCC(CO)(CN2CCC3CCC(C2)N3C)C1. The molecule has 0 amide bonds. The highest BCUT2D eigenvalue weighted by Crippen LogP contribution is 2.40. The Bertz CT molecular complexity index is 335. The first-order chi connectivity index (χ1) is 9.62. The third-order valence-electron chi connectivity index (χ3n) is 6.31. The lowest BCUT2D eigenvalue weighted by Gasteiger charge is -2.42. The van der Waals surface area contributed by atoms with Gasteiger partial charge in [-0.15, -0.1) is 0 Å². The fourth-order valence-electron chi connectivity index (χ4n) is 5.10.